The standard InChI is InChI=1S/C26H26ClNO3/c1-16(2)24(25(29)17-11-13-18(27)14-12-17)28-26(30)31-15-23-21-9-5-3-7-19(21)20-8-4-6-10-22(20)23/h3-14,16,23-25,29H,15H2,1-2H3,(H,28,30). The van der Waals surface area contributed by atoms with Gasteiger partial charge in [-0.1, -0.05) is 86.1 Å². The Morgan fingerprint density at radius 3 is 2.06 bits per heavy atom. The van der Waals surface area contributed by atoms with Gasteiger partial charge in [-0.15, -0.1) is 0 Å². The normalized spacial score (nSPS) is 14.6. The van der Waals surface area contributed by atoms with E-state index in [9.17, 15) is 9.90 Å². The van der Waals surface area contributed by atoms with Crippen molar-refractivity contribution in [3.05, 3.63) is 94.5 Å². The molecule has 0 spiro atoms. The van der Waals surface area contributed by atoms with Crippen molar-refractivity contribution in [1.82, 2.24) is 5.32 Å². The molecule has 0 aliphatic heterocycles. The van der Waals surface area contributed by atoms with Crippen molar-refractivity contribution in [3.63, 3.8) is 0 Å². The number of hydrogen-bond donors (Lipinski definition) is 2. The van der Waals surface area contributed by atoms with Gasteiger partial charge in [0.25, 0.3) is 0 Å². The fourth-order valence-electron chi connectivity index (χ4n) is 4.25. The van der Waals surface area contributed by atoms with E-state index in [0.29, 0.717) is 10.6 Å². The van der Waals surface area contributed by atoms with E-state index in [-0.39, 0.29) is 18.4 Å². The minimum absolute atomic E-state index is 0.00293. The highest BCUT2D eigenvalue weighted by Gasteiger charge is 2.30. The highest BCUT2D eigenvalue weighted by Crippen LogP contribution is 2.44. The first-order valence-corrected chi connectivity index (χ1v) is 10.9. The van der Waals surface area contributed by atoms with Crippen LogP contribution >= 0.6 is 11.6 Å². The van der Waals surface area contributed by atoms with Gasteiger partial charge in [-0.3, -0.25) is 0 Å². The second-order valence-electron chi connectivity index (χ2n) is 8.24. The Kier molecular flexibility index (Phi) is 6.30. The molecular weight excluding hydrogens is 410 g/mol. The van der Waals surface area contributed by atoms with Crippen molar-refractivity contribution < 1.29 is 14.6 Å². The van der Waals surface area contributed by atoms with Crippen LogP contribution in [0, 0.1) is 5.92 Å². The van der Waals surface area contributed by atoms with Gasteiger partial charge in [0.1, 0.15) is 6.61 Å². The molecular formula is C26H26ClNO3. The highest BCUT2D eigenvalue weighted by atomic mass is 35.5. The number of rotatable bonds is 6. The highest BCUT2D eigenvalue weighted by molar-refractivity contribution is 6.30. The van der Waals surface area contributed by atoms with Crippen molar-refractivity contribution in [2.45, 2.75) is 31.9 Å². The smallest absolute Gasteiger partial charge is 0.407 e. The number of fused-ring (bicyclic) bond motifs is 3. The van der Waals surface area contributed by atoms with Gasteiger partial charge in [-0.25, -0.2) is 4.79 Å². The quantitative estimate of drug-likeness (QED) is 0.504. The summed E-state index contributed by atoms with van der Waals surface area (Å²) in [7, 11) is 0. The molecule has 3 aromatic rings. The topological polar surface area (TPSA) is 58.6 Å². The van der Waals surface area contributed by atoms with Crippen LogP contribution in [0.25, 0.3) is 11.1 Å². The molecule has 2 unspecified atom stereocenters. The molecule has 0 bridgehead atoms. The average molecular weight is 436 g/mol. The van der Waals surface area contributed by atoms with Crippen LogP contribution in [0.3, 0.4) is 0 Å². The first kappa shape index (κ1) is 21.4. The Morgan fingerprint density at radius 2 is 1.52 bits per heavy atom. The molecule has 1 amide bonds. The van der Waals surface area contributed by atoms with Crippen molar-refractivity contribution in [2.75, 3.05) is 6.61 Å². The van der Waals surface area contributed by atoms with Crippen LogP contribution in [0.4, 0.5) is 4.79 Å². The number of carbonyl (C=O) groups excluding carboxylic acids is 1. The number of amides is 1. The van der Waals surface area contributed by atoms with Crippen molar-refractivity contribution >= 4 is 17.7 Å². The van der Waals surface area contributed by atoms with Gasteiger partial charge in [-0.05, 0) is 45.9 Å². The number of ether oxygens (including phenoxy) is 1. The summed E-state index contributed by atoms with van der Waals surface area (Å²) in [6.45, 7) is 4.14. The molecule has 4 nitrogen and oxygen atoms in total. The molecule has 1 aliphatic carbocycles. The molecule has 4 rings (SSSR count). The number of aliphatic hydroxyl groups is 1. The van der Waals surface area contributed by atoms with E-state index in [2.05, 4.69) is 29.6 Å². The number of carbonyl (C=O) groups is 1. The molecule has 0 saturated heterocycles. The molecule has 3 aromatic carbocycles. The fourth-order valence-corrected chi connectivity index (χ4v) is 4.38. The van der Waals surface area contributed by atoms with Crippen LogP contribution in [0.5, 0.6) is 0 Å². The van der Waals surface area contributed by atoms with Gasteiger partial charge in [0, 0.05) is 10.9 Å². The summed E-state index contributed by atoms with van der Waals surface area (Å²) < 4.78 is 5.64. The zero-order chi connectivity index (χ0) is 22.0. The summed E-state index contributed by atoms with van der Waals surface area (Å²) in [5.41, 5.74) is 5.40. The summed E-state index contributed by atoms with van der Waals surface area (Å²) in [5, 5.41) is 14.3. The fraction of sp³-hybridized carbons (Fsp3) is 0.269. The zero-order valence-electron chi connectivity index (χ0n) is 17.6. The molecule has 0 aromatic heterocycles. The van der Waals surface area contributed by atoms with Crippen LogP contribution < -0.4 is 5.32 Å². The third-order valence-electron chi connectivity index (χ3n) is 5.90. The lowest BCUT2D eigenvalue weighted by molar-refractivity contribution is 0.0877. The van der Waals surface area contributed by atoms with E-state index < -0.39 is 18.2 Å². The number of aliphatic hydroxyl groups excluding tert-OH is 1. The van der Waals surface area contributed by atoms with Gasteiger partial charge < -0.3 is 15.2 Å². The molecule has 0 fully saturated rings. The summed E-state index contributed by atoms with van der Waals surface area (Å²) in [5.74, 6) is 0.00278. The summed E-state index contributed by atoms with van der Waals surface area (Å²) in [6, 6.07) is 22.9. The third kappa shape index (κ3) is 4.46. The Morgan fingerprint density at radius 1 is 0.968 bits per heavy atom. The van der Waals surface area contributed by atoms with Crippen LogP contribution in [0.15, 0.2) is 72.8 Å². The minimum Gasteiger partial charge on any atom is -0.449 e. The first-order valence-electron chi connectivity index (χ1n) is 10.5. The molecule has 0 saturated carbocycles. The van der Waals surface area contributed by atoms with Crippen LogP contribution in [-0.2, 0) is 4.74 Å². The monoisotopic (exact) mass is 435 g/mol. The van der Waals surface area contributed by atoms with E-state index in [0.717, 1.165) is 11.1 Å². The Bertz CT molecular complexity index is 1020. The van der Waals surface area contributed by atoms with Gasteiger partial charge in [0.05, 0.1) is 12.1 Å². The van der Waals surface area contributed by atoms with Gasteiger partial charge in [-0.2, -0.15) is 0 Å². The maximum atomic E-state index is 12.7. The molecule has 160 valence electrons. The molecule has 31 heavy (non-hydrogen) atoms. The summed E-state index contributed by atoms with van der Waals surface area (Å²) in [6.07, 6.45) is -1.40. The second kappa shape index (κ2) is 9.13. The molecule has 1 aliphatic rings. The van der Waals surface area contributed by atoms with Crippen molar-refractivity contribution in [2.24, 2.45) is 5.92 Å². The Labute approximate surface area is 187 Å². The lowest BCUT2D eigenvalue weighted by atomic mass is 9.93. The van der Waals surface area contributed by atoms with E-state index in [4.69, 9.17) is 16.3 Å². The molecule has 2 N–H and O–H groups in total. The Balaban J connectivity index is 1.45. The van der Waals surface area contributed by atoms with Crippen molar-refractivity contribution in [3.8, 4) is 11.1 Å². The van der Waals surface area contributed by atoms with Gasteiger partial charge in [0.15, 0.2) is 0 Å². The average Bonchev–Trinajstić information content (AvgIpc) is 3.10. The zero-order valence-corrected chi connectivity index (χ0v) is 18.3. The minimum atomic E-state index is -0.863. The van der Waals surface area contributed by atoms with E-state index in [1.54, 1.807) is 24.3 Å². The number of halogens is 1. The predicted octanol–water partition coefficient (Wildman–Crippen LogP) is 5.94. The number of hydrogen-bond acceptors (Lipinski definition) is 3. The molecule has 5 heteroatoms. The molecule has 0 heterocycles. The third-order valence-corrected chi connectivity index (χ3v) is 6.15. The lowest BCUT2D eigenvalue weighted by Gasteiger charge is -2.27. The van der Waals surface area contributed by atoms with Gasteiger partial charge >= 0.3 is 6.09 Å². The largest absolute Gasteiger partial charge is 0.449 e. The molecule has 0 radical (unpaired) electrons. The lowest BCUT2D eigenvalue weighted by Crippen LogP contribution is -2.43. The molecule has 2 atom stereocenters. The van der Waals surface area contributed by atoms with E-state index in [1.165, 1.54) is 11.1 Å². The summed E-state index contributed by atoms with van der Waals surface area (Å²) in [4.78, 5) is 12.7. The SMILES string of the molecule is CC(C)C(NC(=O)OCC1c2ccccc2-c2ccccc21)C(O)c1ccc(Cl)cc1. The van der Waals surface area contributed by atoms with Crippen LogP contribution in [-0.4, -0.2) is 23.8 Å². The summed E-state index contributed by atoms with van der Waals surface area (Å²) >= 11 is 5.95. The number of benzene rings is 3. The Hall–Kier alpha value is -2.82. The number of alkyl carbamates (subject to hydrolysis) is 1. The van der Waals surface area contributed by atoms with Crippen LogP contribution in [0.1, 0.15) is 42.6 Å². The maximum absolute atomic E-state index is 12.7. The van der Waals surface area contributed by atoms with Gasteiger partial charge in [0.2, 0.25) is 0 Å². The maximum Gasteiger partial charge on any atom is 0.407 e. The van der Waals surface area contributed by atoms with Crippen molar-refractivity contribution in [1.29, 1.82) is 0 Å². The number of nitrogens with one attached hydrogen (secondary N) is 1. The van der Waals surface area contributed by atoms with E-state index >= 15 is 0 Å². The first-order chi connectivity index (χ1) is 15.0. The van der Waals surface area contributed by atoms with E-state index in [1.807, 2.05) is 38.1 Å². The predicted molar refractivity (Wildman–Crippen MR) is 123 cm³/mol. The van der Waals surface area contributed by atoms with Crippen LogP contribution in [0.2, 0.25) is 5.02 Å². The second-order valence-corrected chi connectivity index (χ2v) is 8.67.